The van der Waals surface area contributed by atoms with Crippen molar-refractivity contribution in [2.75, 3.05) is 19.8 Å². The molecule has 6 nitrogen and oxygen atoms in total. The highest BCUT2D eigenvalue weighted by molar-refractivity contribution is 5.84. The van der Waals surface area contributed by atoms with E-state index in [9.17, 15) is 4.79 Å². The van der Waals surface area contributed by atoms with Crippen LogP contribution in [0, 0.1) is 0 Å². The molecule has 0 atom stereocenters. The Balaban J connectivity index is 1.66. The van der Waals surface area contributed by atoms with Crippen LogP contribution in [0.3, 0.4) is 0 Å². The Bertz CT molecular complexity index is 835. The molecule has 0 aliphatic heterocycles. The summed E-state index contributed by atoms with van der Waals surface area (Å²) in [6.07, 6.45) is 19.3. The maximum Gasteiger partial charge on any atom is 0.335 e. The standard InChI is InChI=1S/C29H42N2O4/c1-3-5-7-8-9-10-11-15-28(32)35-26-18-16-25(17-19-26)29-30-23-27(24-31-29)34-22-14-13-21-33-20-12-6-4-2/h11,15-19,23-24H,3-10,12-14,20-22H2,1-2H3/b15-11+. The number of rotatable bonds is 19. The monoisotopic (exact) mass is 482 g/mol. The molecule has 0 fully saturated rings. The summed E-state index contributed by atoms with van der Waals surface area (Å²) >= 11 is 0. The predicted octanol–water partition coefficient (Wildman–Crippen LogP) is 7.33. The fraction of sp³-hybridized carbons (Fsp3) is 0.552. The van der Waals surface area contributed by atoms with Gasteiger partial charge < -0.3 is 14.2 Å². The molecule has 2 aromatic rings. The van der Waals surface area contributed by atoms with Gasteiger partial charge in [-0.25, -0.2) is 14.8 Å². The molecule has 1 aromatic heterocycles. The molecule has 6 heteroatoms. The summed E-state index contributed by atoms with van der Waals surface area (Å²) in [4.78, 5) is 20.8. The Kier molecular flexibility index (Phi) is 15.1. The third kappa shape index (κ3) is 13.1. The lowest BCUT2D eigenvalue weighted by atomic mass is 10.1. The molecule has 0 spiro atoms. The first-order valence-electron chi connectivity index (χ1n) is 13.2. The van der Waals surface area contributed by atoms with Crippen molar-refractivity contribution in [2.45, 2.75) is 84.5 Å². The van der Waals surface area contributed by atoms with Gasteiger partial charge in [0, 0.05) is 24.9 Å². The van der Waals surface area contributed by atoms with Gasteiger partial charge in [-0.15, -0.1) is 0 Å². The van der Waals surface area contributed by atoms with Crippen LogP contribution in [0.15, 0.2) is 48.8 Å². The summed E-state index contributed by atoms with van der Waals surface area (Å²) in [5.74, 6) is 1.40. The number of aromatic nitrogens is 2. The SMILES string of the molecule is CCCCCCC/C=C/C(=O)Oc1ccc(-c2ncc(OCCCCOCCCCC)cn2)cc1. The summed E-state index contributed by atoms with van der Waals surface area (Å²) in [7, 11) is 0. The number of benzene rings is 1. The zero-order chi connectivity index (χ0) is 25.0. The van der Waals surface area contributed by atoms with E-state index in [2.05, 4.69) is 23.8 Å². The van der Waals surface area contributed by atoms with Crippen molar-refractivity contribution in [3.8, 4) is 22.9 Å². The summed E-state index contributed by atoms with van der Waals surface area (Å²) in [5, 5.41) is 0. The minimum atomic E-state index is -0.355. The van der Waals surface area contributed by atoms with Crippen molar-refractivity contribution in [3.05, 3.63) is 48.8 Å². The lowest BCUT2D eigenvalue weighted by Gasteiger charge is -2.07. The van der Waals surface area contributed by atoms with E-state index in [4.69, 9.17) is 14.2 Å². The molecular weight excluding hydrogens is 440 g/mol. The molecule has 0 saturated carbocycles. The van der Waals surface area contributed by atoms with Crippen molar-refractivity contribution >= 4 is 5.97 Å². The van der Waals surface area contributed by atoms with Gasteiger partial charge in [-0.2, -0.15) is 0 Å². The third-order valence-electron chi connectivity index (χ3n) is 5.53. The molecule has 1 heterocycles. The lowest BCUT2D eigenvalue weighted by Crippen LogP contribution is -2.03. The number of carbonyl (C=O) groups excluding carboxylic acids is 1. The van der Waals surface area contributed by atoms with Gasteiger partial charge in [0.2, 0.25) is 0 Å². The largest absolute Gasteiger partial charge is 0.490 e. The average Bonchev–Trinajstić information content (AvgIpc) is 2.88. The van der Waals surface area contributed by atoms with Crippen molar-refractivity contribution in [1.82, 2.24) is 9.97 Å². The van der Waals surface area contributed by atoms with Crippen molar-refractivity contribution in [2.24, 2.45) is 0 Å². The molecule has 2 rings (SSSR count). The first-order valence-corrected chi connectivity index (χ1v) is 13.2. The molecule has 0 aliphatic carbocycles. The molecule has 0 unspecified atom stereocenters. The number of ether oxygens (including phenoxy) is 3. The molecule has 1 aromatic carbocycles. The second kappa shape index (κ2) is 18.6. The van der Waals surface area contributed by atoms with E-state index in [1.165, 1.54) is 44.6 Å². The fourth-order valence-corrected chi connectivity index (χ4v) is 3.46. The van der Waals surface area contributed by atoms with Gasteiger partial charge in [-0.1, -0.05) is 58.4 Å². The van der Waals surface area contributed by atoms with E-state index in [1.54, 1.807) is 24.5 Å². The molecule has 35 heavy (non-hydrogen) atoms. The zero-order valence-electron chi connectivity index (χ0n) is 21.5. The van der Waals surface area contributed by atoms with Crippen LogP contribution in [0.4, 0.5) is 0 Å². The van der Waals surface area contributed by atoms with Gasteiger partial charge in [0.05, 0.1) is 19.0 Å². The topological polar surface area (TPSA) is 70.5 Å². The highest BCUT2D eigenvalue weighted by atomic mass is 16.5. The van der Waals surface area contributed by atoms with Gasteiger partial charge in [0.25, 0.3) is 0 Å². The van der Waals surface area contributed by atoms with Crippen LogP contribution in [0.1, 0.15) is 84.5 Å². The molecule has 0 bridgehead atoms. The van der Waals surface area contributed by atoms with E-state index in [0.717, 1.165) is 50.9 Å². The van der Waals surface area contributed by atoms with Crippen molar-refractivity contribution in [3.63, 3.8) is 0 Å². The Labute approximate surface area is 211 Å². The second-order valence-corrected chi connectivity index (χ2v) is 8.67. The molecule has 0 aliphatic rings. The minimum absolute atomic E-state index is 0.355. The number of carbonyl (C=O) groups is 1. The first-order chi connectivity index (χ1) is 17.2. The van der Waals surface area contributed by atoms with Crippen LogP contribution in [0.5, 0.6) is 11.5 Å². The first kappa shape index (κ1) is 28.5. The quantitative estimate of drug-likeness (QED) is 0.0903. The number of esters is 1. The van der Waals surface area contributed by atoms with Crippen molar-refractivity contribution < 1.29 is 19.0 Å². The highest BCUT2D eigenvalue weighted by Crippen LogP contribution is 2.20. The van der Waals surface area contributed by atoms with Crippen LogP contribution in [-0.2, 0) is 9.53 Å². The minimum Gasteiger partial charge on any atom is -0.490 e. The van der Waals surface area contributed by atoms with Crippen LogP contribution in [-0.4, -0.2) is 35.8 Å². The van der Waals surface area contributed by atoms with Gasteiger partial charge in [-0.3, -0.25) is 0 Å². The Hall–Kier alpha value is -2.73. The van der Waals surface area contributed by atoms with Gasteiger partial charge in [-0.05, 0) is 56.4 Å². The van der Waals surface area contributed by atoms with Crippen LogP contribution in [0.25, 0.3) is 11.4 Å². The molecular formula is C29H42N2O4. The van der Waals surface area contributed by atoms with E-state index >= 15 is 0 Å². The average molecular weight is 483 g/mol. The van der Waals surface area contributed by atoms with E-state index in [0.29, 0.717) is 23.9 Å². The zero-order valence-corrected chi connectivity index (χ0v) is 21.5. The highest BCUT2D eigenvalue weighted by Gasteiger charge is 2.05. The number of allylic oxidation sites excluding steroid dienone is 1. The van der Waals surface area contributed by atoms with Crippen molar-refractivity contribution in [1.29, 1.82) is 0 Å². The normalized spacial score (nSPS) is 11.1. The summed E-state index contributed by atoms with van der Waals surface area (Å²) in [6, 6.07) is 7.20. The molecule has 0 saturated heterocycles. The summed E-state index contributed by atoms with van der Waals surface area (Å²) < 4.78 is 16.7. The fourth-order valence-electron chi connectivity index (χ4n) is 3.46. The number of nitrogens with zero attached hydrogens (tertiary/aromatic N) is 2. The van der Waals surface area contributed by atoms with Crippen LogP contribution < -0.4 is 9.47 Å². The second-order valence-electron chi connectivity index (χ2n) is 8.67. The van der Waals surface area contributed by atoms with E-state index < -0.39 is 0 Å². The number of unbranched alkanes of at least 4 members (excludes halogenated alkanes) is 8. The maximum absolute atomic E-state index is 12.0. The Morgan fingerprint density at radius 1 is 0.771 bits per heavy atom. The van der Waals surface area contributed by atoms with Crippen LogP contribution in [0.2, 0.25) is 0 Å². The Morgan fingerprint density at radius 2 is 1.40 bits per heavy atom. The number of hydrogen-bond acceptors (Lipinski definition) is 6. The van der Waals surface area contributed by atoms with E-state index in [1.807, 2.05) is 18.2 Å². The predicted molar refractivity (Wildman–Crippen MR) is 141 cm³/mol. The maximum atomic E-state index is 12.0. The van der Waals surface area contributed by atoms with Gasteiger partial charge in [0.1, 0.15) is 5.75 Å². The third-order valence-corrected chi connectivity index (χ3v) is 5.53. The van der Waals surface area contributed by atoms with Crippen LogP contribution >= 0.6 is 0 Å². The Morgan fingerprint density at radius 3 is 2.11 bits per heavy atom. The smallest absolute Gasteiger partial charge is 0.335 e. The van der Waals surface area contributed by atoms with E-state index in [-0.39, 0.29) is 5.97 Å². The molecule has 0 N–H and O–H groups in total. The van der Waals surface area contributed by atoms with Gasteiger partial charge in [0.15, 0.2) is 11.6 Å². The summed E-state index contributed by atoms with van der Waals surface area (Å²) in [6.45, 7) is 6.65. The molecule has 0 amide bonds. The molecule has 0 radical (unpaired) electrons. The number of hydrogen-bond donors (Lipinski definition) is 0. The molecule has 192 valence electrons. The lowest BCUT2D eigenvalue weighted by molar-refractivity contribution is -0.129. The van der Waals surface area contributed by atoms with Gasteiger partial charge >= 0.3 is 5.97 Å². The summed E-state index contributed by atoms with van der Waals surface area (Å²) in [5.41, 5.74) is 0.846.